The minimum atomic E-state index is -0.268. The molecule has 22 heavy (non-hydrogen) atoms. The van der Waals surface area contributed by atoms with E-state index in [1.807, 2.05) is 43.3 Å². The zero-order valence-electron chi connectivity index (χ0n) is 13.0. The first-order valence-electron chi connectivity index (χ1n) is 6.95. The summed E-state index contributed by atoms with van der Waals surface area (Å²) >= 11 is 0. The lowest BCUT2D eigenvalue weighted by Crippen LogP contribution is -2.28. The van der Waals surface area contributed by atoms with E-state index in [1.165, 1.54) is 0 Å². The Bertz CT molecular complexity index is 656. The lowest BCUT2D eigenvalue weighted by molar-refractivity contribution is 0.251. The molecule has 0 aliphatic rings. The molecule has 0 aliphatic carbocycles. The number of ether oxygens (including phenoxy) is 2. The van der Waals surface area contributed by atoms with Crippen LogP contribution in [-0.4, -0.2) is 20.3 Å². The third-order valence-electron chi connectivity index (χ3n) is 3.28. The van der Waals surface area contributed by atoms with Crippen LogP contribution in [0, 0.1) is 6.92 Å². The third kappa shape index (κ3) is 3.91. The summed E-state index contributed by atoms with van der Waals surface area (Å²) in [6, 6.07) is 12.8. The van der Waals surface area contributed by atoms with E-state index in [-0.39, 0.29) is 6.03 Å². The van der Waals surface area contributed by atoms with Crippen LogP contribution in [0.1, 0.15) is 11.1 Å². The van der Waals surface area contributed by atoms with Gasteiger partial charge in [0.1, 0.15) is 11.5 Å². The quantitative estimate of drug-likeness (QED) is 0.890. The standard InChI is InChI=1S/C17H20N2O3/c1-12-10-14(8-9-15(12)21-2)19-17(20)18-11-13-6-4-5-7-16(13)22-3/h4-10H,11H2,1-3H3,(H2,18,19,20). The lowest BCUT2D eigenvalue weighted by atomic mass is 10.2. The van der Waals surface area contributed by atoms with Crippen LogP contribution in [0.5, 0.6) is 11.5 Å². The number of rotatable bonds is 5. The van der Waals surface area contributed by atoms with Crippen molar-refractivity contribution in [3.05, 3.63) is 53.6 Å². The second-order valence-corrected chi connectivity index (χ2v) is 4.80. The molecule has 2 aromatic rings. The number of carbonyl (C=O) groups is 1. The number of hydrogen-bond acceptors (Lipinski definition) is 3. The summed E-state index contributed by atoms with van der Waals surface area (Å²) in [6.07, 6.45) is 0. The molecule has 2 rings (SSSR count). The third-order valence-corrected chi connectivity index (χ3v) is 3.28. The van der Waals surface area contributed by atoms with Gasteiger partial charge in [-0.1, -0.05) is 18.2 Å². The van der Waals surface area contributed by atoms with Gasteiger partial charge in [0.15, 0.2) is 0 Å². The van der Waals surface area contributed by atoms with Gasteiger partial charge < -0.3 is 20.1 Å². The zero-order valence-corrected chi connectivity index (χ0v) is 13.0. The normalized spacial score (nSPS) is 9.95. The fraction of sp³-hybridized carbons (Fsp3) is 0.235. The van der Waals surface area contributed by atoms with Crippen molar-refractivity contribution in [3.63, 3.8) is 0 Å². The molecular formula is C17H20N2O3. The van der Waals surface area contributed by atoms with Crippen LogP contribution in [0.2, 0.25) is 0 Å². The van der Waals surface area contributed by atoms with Crippen molar-refractivity contribution in [1.82, 2.24) is 5.32 Å². The van der Waals surface area contributed by atoms with Gasteiger partial charge in [0.25, 0.3) is 0 Å². The highest BCUT2D eigenvalue weighted by Gasteiger charge is 2.06. The Morgan fingerprint density at radius 2 is 1.77 bits per heavy atom. The zero-order chi connectivity index (χ0) is 15.9. The number of urea groups is 1. The molecule has 0 unspecified atom stereocenters. The van der Waals surface area contributed by atoms with Crippen molar-refractivity contribution in [1.29, 1.82) is 0 Å². The first-order chi connectivity index (χ1) is 10.6. The summed E-state index contributed by atoms with van der Waals surface area (Å²) in [7, 11) is 3.23. The van der Waals surface area contributed by atoms with Gasteiger partial charge in [0.2, 0.25) is 0 Å². The van der Waals surface area contributed by atoms with Crippen molar-refractivity contribution in [3.8, 4) is 11.5 Å². The molecular weight excluding hydrogens is 280 g/mol. The predicted molar refractivity (Wildman–Crippen MR) is 86.6 cm³/mol. The SMILES string of the molecule is COc1ccc(NC(=O)NCc2ccccc2OC)cc1C. The van der Waals surface area contributed by atoms with Gasteiger partial charge in [-0.25, -0.2) is 4.79 Å². The second-order valence-electron chi connectivity index (χ2n) is 4.80. The highest BCUT2D eigenvalue weighted by Crippen LogP contribution is 2.21. The van der Waals surface area contributed by atoms with E-state index in [0.717, 1.165) is 28.3 Å². The number of nitrogens with one attached hydrogen (secondary N) is 2. The van der Waals surface area contributed by atoms with Gasteiger partial charge >= 0.3 is 6.03 Å². The summed E-state index contributed by atoms with van der Waals surface area (Å²) in [5.74, 6) is 1.54. The topological polar surface area (TPSA) is 59.6 Å². The molecule has 0 aromatic heterocycles. The number of carbonyl (C=O) groups excluding carboxylic acids is 1. The average Bonchev–Trinajstić information content (AvgIpc) is 2.53. The van der Waals surface area contributed by atoms with E-state index < -0.39 is 0 Å². The number of hydrogen-bond donors (Lipinski definition) is 2. The summed E-state index contributed by atoms with van der Waals surface area (Å²) in [6.45, 7) is 2.32. The maximum Gasteiger partial charge on any atom is 0.319 e. The molecule has 0 heterocycles. The number of benzene rings is 2. The van der Waals surface area contributed by atoms with Gasteiger partial charge in [0, 0.05) is 17.8 Å². The highest BCUT2D eigenvalue weighted by molar-refractivity contribution is 5.89. The number of para-hydroxylation sites is 1. The average molecular weight is 300 g/mol. The minimum absolute atomic E-state index is 0.268. The fourth-order valence-corrected chi connectivity index (χ4v) is 2.16. The molecule has 2 amide bonds. The molecule has 0 fully saturated rings. The van der Waals surface area contributed by atoms with E-state index in [9.17, 15) is 4.79 Å². The Labute approximate surface area is 130 Å². The molecule has 2 N–H and O–H groups in total. The number of amides is 2. The maximum atomic E-state index is 12.0. The van der Waals surface area contributed by atoms with Crippen LogP contribution in [0.3, 0.4) is 0 Å². The molecule has 0 bridgehead atoms. The molecule has 2 aromatic carbocycles. The van der Waals surface area contributed by atoms with Crippen molar-refractivity contribution in [2.75, 3.05) is 19.5 Å². The Hall–Kier alpha value is -2.69. The second kappa shape index (κ2) is 7.36. The van der Waals surface area contributed by atoms with Gasteiger partial charge in [-0.15, -0.1) is 0 Å². The van der Waals surface area contributed by atoms with E-state index in [0.29, 0.717) is 6.54 Å². The summed E-state index contributed by atoms with van der Waals surface area (Å²) < 4.78 is 10.4. The fourth-order valence-electron chi connectivity index (χ4n) is 2.16. The molecule has 0 aliphatic heterocycles. The maximum absolute atomic E-state index is 12.0. The molecule has 116 valence electrons. The monoisotopic (exact) mass is 300 g/mol. The van der Waals surface area contributed by atoms with Crippen LogP contribution >= 0.6 is 0 Å². The van der Waals surface area contributed by atoms with Crippen molar-refractivity contribution < 1.29 is 14.3 Å². The lowest BCUT2D eigenvalue weighted by Gasteiger charge is -2.11. The number of methoxy groups -OCH3 is 2. The van der Waals surface area contributed by atoms with Crippen LogP contribution < -0.4 is 20.1 Å². The Kier molecular flexibility index (Phi) is 5.25. The largest absolute Gasteiger partial charge is 0.496 e. The molecule has 0 radical (unpaired) electrons. The van der Waals surface area contributed by atoms with E-state index in [4.69, 9.17) is 9.47 Å². The molecule has 5 nitrogen and oxygen atoms in total. The smallest absolute Gasteiger partial charge is 0.319 e. The van der Waals surface area contributed by atoms with Crippen LogP contribution in [-0.2, 0) is 6.54 Å². The van der Waals surface area contributed by atoms with Gasteiger partial charge in [0.05, 0.1) is 14.2 Å². The van der Waals surface area contributed by atoms with Crippen LogP contribution in [0.15, 0.2) is 42.5 Å². The minimum Gasteiger partial charge on any atom is -0.496 e. The Balaban J connectivity index is 1.94. The van der Waals surface area contributed by atoms with Crippen molar-refractivity contribution in [2.45, 2.75) is 13.5 Å². The Morgan fingerprint density at radius 3 is 2.45 bits per heavy atom. The van der Waals surface area contributed by atoms with Crippen molar-refractivity contribution in [2.24, 2.45) is 0 Å². The molecule has 0 atom stereocenters. The van der Waals surface area contributed by atoms with E-state index >= 15 is 0 Å². The van der Waals surface area contributed by atoms with Gasteiger partial charge in [-0.3, -0.25) is 0 Å². The highest BCUT2D eigenvalue weighted by atomic mass is 16.5. The van der Waals surface area contributed by atoms with Crippen LogP contribution in [0.4, 0.5) is 10.5 Å². The number of aryl methyl sites for hydroxylation is 1. The summed E-state index contributed by atoms with van der Waals surface area (Å²) in [5, 5.41) is 5.60. The first-order valence-corrected chi connectivity index (χ1v) is 6.95. The van der Waals surface area contributed by atoms with E-state index in [2.05, 4.69) is 10.6 Å². The first kappa shape index (κ1) is 15.7. The van der Waals surface area contributed by atoms with Gasteiger partial charge in [-0.2, -0.15) is 0 Å². The summed E-state index contributed by atoms with van der Waals surface area (Å²) in [4.78, 5) is 12.0. The van der Waals surface area contributed by atoms with Gasteiger partial charge in [-0.05, 0) is 36.8 Å². The summed E-state index contributed by atoms with van der Waals surface area (Å²) in [5.41, 5.74) is 2.60. The molecule has 0 saturated heterocycles. The predicted octanol–water partition coefficient (Wildman–Crippen LogP) is 3.33. The molecule has 0 saturated carbocycles. The molecule has 5 heteroatoms. The number of anilines is 1. The molecule has 0 spiro atoms. The van der Waals surface area contributed by atoms with Crippen molar-refractivity contribution >= 4 is 11.7 Å². The van der Waals surface area contributed by atoms with Crippen LogP contribution in [0.25, 0.3) is 0 Å². The van der Waals surface area contributed by atoms with E-state index in [1.54, 1.807) is 20.3 Å². The Morgan fingerprint density at radius 1 is 1.05 bits per heavy atom.